The van der Waals surface area contributed by atoms with Crippen LogP contribution < -0.4 is 4.74 Å². The van der Waals surface area contributed by atoms with E-state index >= 15 is 0 Å². The third-order valence-electron chi connectivity index (χ3n) is 4.73. The van der Waals surface area contributed by atoms with Gasteiger partial charge >= 0.3 is 0 Å². The molecular weight excluding hydrogens is 421 g/mol. The third-order valence-corrected chi connectivity index (χ3v) is 6.98. The second-order valence-electron chi connectivity index (χ2n) is 7.03. The standard InChI is InChI=1S/C20H23Cl2NO4S/c21-16-3-1-15(2-4-16)11-23(18-9-10-28(25,26)14-18)12-19(24)13-27-20-7-5-17(22)6-8-20/h1-8,18-19,24H,9-14H2. The van der Waals surface area contributed by atoms with E-state index < -0.39 is 15.9 Å². The molecular formula is C20H23Cl2NO4S. The van der Waals surface area contributed by atoms with E-state index in [1.807, 2.05) is 17.0 Å². The highest BCUT2D eigenvalue weighted by Gasteiger charge is 2.33. The lowest BCUT2D eigenvalue weighted by Crippen LogP contribution is -2.42. The van der Waals surface area contributed by atoms with E-state index in [4.69, 9.17) is 27.9 Å². The summed E-state index contributed by atoms with van der Waals surface area (Å²) in [4.78, 5) is 2.02. The quantitative estimate of drug-likeness (QED) is 0.676. The Morgan fingerprint density at radius 1 is 1.07 bits per heavy atom. The molecule has 28 heavy (non-hydrogen) atoms. The summed E-state index contributed by atoms with van der Waals surface area (Å²) in [7, 11) is -3.02. The van der Waals surface area contributed by atoms with Crippen LogP contribution in [-0.4, -0.2) is 55.2 Å². The van der Waals surface area contributed by atoms with Gasteiger partial charge < -0.3 is 9.84 Å². The molecule has 0 radical (unpaired) electrons. The maximum atomic E-state index is 11.9. The lowest BCUT2D eigenvalue weighted by Gasteiger charge is -2.30. The molecule has 5 nitrogen and oxygen atoms in total. The minimum absolute atomic E-state index is 0.109. The average molecular weight is 444 g/mol. The average Bonchev–Trinajstić information content (AvgIpc) is 3.02. The highest BCUT2D eigenvalue weighted by Crippen LogP contribution is 2.22. The van der Waals surface area contributed by atoms with Crippen LogP contribution in [0.1, 0.15) is 12.0 Å². The second-order valence-corrected chi connectivity index (χ2v) is 10.1. The summed E-state index contributed by atoms with van der Waals surface area (Å²) in [6, 6.07) is 14.2. The van der Waals surface area contributed by atoms with Crippen LogP contribution in [0.5, 0.6) is 5.75 Å². The van der Waals surface area contributed by atoms with E-state index in [0.717, 1.165) is 5.56 Å². The molecule has 3 rings (SSSR count). The molecule has 2 aromatic carbocycles. The molecule has 0 saturated carbocycles. The first-order valence-electron chi connectivity index (χ1n) is 9.06. The summed E-state index contributed by atoms with van der Waals surface area (Å²) in [6.07, 6.45) is -0.188. The fourth-order valence-electron chi connectivity index (χ4n) is 3.28. The smallest absolute Gasteiger partial charge is 0.151 e. The summed E-state index contributed by atoms with van der Waals surface area (Å²) in [5, 5.41) is 11.7. The molecule has 2 aromatic rings. The maximum absolute atomic E-state index is 11.9. The van der Waals surface area contributed by atoms with Crippen LogP contribution in [0.3, 0.4) is 0 Å². The van der Waals surface area contributed by atoms with Gasteiger partial charge in [0, 0.05) is 29.2 Å². The number of sulfone groups is 1. The van der Waals surface area contributed by atoms with Crippen LogP contribution in [0.25, 0.3) is 0 Å². The van der Waals surface area contributed by atoms with E-state index in [9.17, 15) is 13.5 Å². The van der Waals surface area contributed by atoms with Gasteiger partial charge in [0.2, 0.25) is 0 Å². The molecule has 0 bridgehead atoms. The van der Waals surface area contributed by atoms with Crippen LogP contribution in [0.4, 0.5) is 0 Å². The molecule has 0 aromatic heterocycles. The Morgan fingerprint density at radius 3 is 2.25 bits per heavy atom. The lowest BCUT2D eigenvalue weighted by atomic mass is 10.1. The predicted octanol–water partition coefficient (Wildman–Crippen LogP) is 3.42. The summed E-state index contributed by atoms with van der Waals surface area (Å²) < 4.78 is 29.5. The molecule has 0 amide bonds. The van der Waals surface area contributed by atoms with Gasteiger partial charge in [0.05, 0.1) is 11.5 Å². The van der Waals surface area contributed by atoms with E-state index in [2.05, 4.69) is 0 Å². The number of hydrogen-bond donors (Lipinski definition) is 1. The second kappa shape index (κ2) is 9.46. The normalized spacial score (nSPS) is 19.6. The van der Waals surface area contributed by atoms with Gasteiger partial charge in [-0.2, -0.15) is 0 Å². The topological polar surface area (TPSA) is 66.8 Å². The number of aliphatic hydroxyl groups excluding tert-OH is 1. The SMILES string of the molecule is O=S1(=O)CCC(N(Cc2ccc(Cl)cc2)CC(O)COc2ccc(Cl)cc2)C1. The maximum Gasteiger partial charge on any atom is 0.151 e. The summed E-state index contributed by atoms with van der Waals surface area (Å²) in [5.74, 6) is 0.925. The molecule has 1 saturated heterocycles. The molecule has 1 aliphatic rings. The fourth-order valence-corrected chi connectivity index (χ4v) is 5.29. The van der Waals surface area contributed by atoms with E-state index in [1.54, 1.807) is 36.4 Å². The molecule has 0 spiro atoms. The Bertz CT molecular complexity index is 872. The molecule has 1 heterocycles. The lowest BCUT2D eigenvalue weighted by molar-refractivity contribution is 0.0525. The molecule has 2 unspecified atom stereocenters. The van der Waals surface area contributed by atoms with E-state index in [-0.39, 0.29) is 24.2 Å². The molecule has 0 aliphatic carbocycles. The summed E-state index contributed by atoms with van der Waals surface area (Å²) in [6.45, 7) is 0.962. The zero-order valence-corrected chi connectivity index (χ0v) is 17.6. The van der Waals surface area contributed by atoms with Gasteiger partial charge in [0.15, 0.2) is 9.84 Å². The molecule has 1 fully saturated rings. The Hall–Kier alpha value is -1.31. The van der Waals surface area contributed by atoms with Crippen LogP contribution in [0.15, 0.2) is 48.5 Å². The van der Waals surface area contributed by atoms with Crippen molar-refractivity contribution in [3.63, 3.8) is 0 Å². The molecule has 8 heteroatoms. The van der Waals surface area contributed by atoms with Crippen molar-refractivity contribution >= 4 is 33.0 Å². The van der Waals surface area contributed by atoms with Crippen LogP contribution >= 0.6 is 23.2 Å². The highest BCUT2D eigenvalue weighted by molar-refractivity contribution is 7.91. The Kier molecular flexibility index (Phi) is 7.23. The van der Waals surface area contributed by atoms with Crippen LogP contribution in [0, 0.1) is 0 Å². The predicted molar refractivity (Wildman–Crippen MR) is 112 cm³/mol. The van der Waals surface area contributed by atoms with Gasteiger partial charge in [0.25, 0.3) is 0 Å². The monoisotopic (exact) mass is 443 g/mol. The number of nitrogens with zero attached hydrogens (tertiary/aromatic N) is 1. The Balaban J connectivity index is 1.63. The van der Waals surface area contributed by atoms with E-state index in [0.29, 0.717) is 35.3 Å². The molecule has 1 N–H and O–H groups in total. The zero-order valence-electron chi connectivity index (χ0n) is 15.3. The Morgan fingerprint density at radius 2 is 1.68 bits per heavy atom. The minimum Gasteiger partial charge on any atom is -0.491 e. The van der Waals surface area contributed by atoms with Gasteiger partial charge in [-0.25, -0.2) is 8.42 Å². The van der Waals surface area contributed by atoms with Crippen molar-refractivity contribution in [1.82, 2.24) is 4.90 Å². The molecule has 2 atom stereocenters. The van der Waals surface area contributed by atoms with E-state index in [1.165, 1.54) is 0 Å². The van der Waals surface area contributed by atoms with Crippen molar-refractivity contribution in [2.75, 3.05) is 24.7 Å². The first-order valence-corrected chi connectivity index (χ1v) is 11.6. The largest absolute Gasteiger partial charge is 0.491 e. The molecule has 152 valence electrons. The van der Waals surface area contributed by atoms with Crippen molar-refractivity contribution in [3.05, 3.63) is 64.1 Å². The van der Waals surface area contributed by atoms with Gasteiger partial charge in [-0.3, -0.25) is 4.90 Å². The van der Waals surface area contributed by atoms with Gasteiger partial charge in [-0.05, 0) is 48.4 Å². The van der Waals surface area contributed by atoms with Crippen molar-refractivity contribution in [1.29, 1.82) is 0 Å². The number of hydrogen-bond acceptors (Lipinski definition) is 5. The first kappa shape index (κ1) is 21.4. The van der Waals surface area contributed by atoms with Gasteiger partial charge in [-0.1, -0.05) is 35.3 Å². The van der Waals surface area contributed by atoms with Crippen LogP contribution in [-0.2, 0) is 16.4 Å². The van der Waals surface area contributed by atoms with Crippen molar-refractivity contribution < 1.29 is 18.3 Å². The summed E-state index contributed by atoms with van der Waals surface area (Å²) in [5.41, 5.74) is 1.01. The number of halogens is 2. The number of rotatable bonds is 8. The summed E-state index contributed by atoms with van der Waals surface area (Å²) >= 11 is 11.8. The number of aliphatic hydroxyl groups is 1. The highest BCUT2D eigenvalue weighted by atomic mass is 35.5. The van der Waals surface area contributed by atoms with Crippen molar-refractivity contribution in [2.24, 2.45) is 0 Å². The van der Waals surface area contributed by atoms with Gasteiger partial charge in [0.1, 0.15) is 18.5 Å². The fraction of sp³-hybridized carbons (Fsp3) is 0.400. The first-order chi connectivity index (χ1) is 13.3. The molecule has 1 aliphatic heterocycles. The van der Waals surface area contributed by atoms with Crippen molar-refractivity contribution in [2.45, 2.75) is 25.1 Å². The van der Waals surface area contributed by atoms with Gasteiger partial charge in [-0.15, -0.1) is 0 Å². The van der Waals surface area contributed by atoms with Crippen molar-refractivity contribution in [3.8, 4) is 5.75 Å². The third kappa shape index (κ3) is 6.36. The minimum atomic E-state index is -3.02. The number of benzene rings is 2. The Labute approximate surface area is 175 Å². The zero-order chi connectivity index (χ0) is 20.1. The van der Waals surface area contributed by atoms with Crippen LogP contribution in [0.2, 0.25) is 10.0 Å². The number of ether oxygens (including phenoxy) is 1.